The highest BCUT2D eigenvalue weighted by Gasteiger charge is 2.29. The smallest absolute Gasteiger partial charge is 0.402 e. The predicted molar refractivity (Wildman–Crippen MR) is 71.6 cm³/mol. The number of hydrogen-bond acceptors (Lipinski definition) is 5. The molecule has 0 unspecified atom stereocenters. The molecule has 0 saturated heterocycles. The van der Waals surface area contributed by atoms with Crippen molar-refractivity contribution in [1.82, 2.24) is 4.72 Å². The number of hydrogen-bond donors (Lipinski definition) is 2. The average molecular weight is 346 g/mol. The molecule has 0 radical (unpaired) electrons. The second kappa shape index (κ2) is 6.62. The van der Waals surface area contributed by atoms with Crippen LogP contribution in [0.4, 0.5) is 18.2 Å². The molecule has 0 saturated carbocycles. The highest BCUT2D eigenvalue weighted by Crippen LogP contribution is 2.28. The SMILES string of the molecule is CCOC(=O)c1sc(NS(=O)(=O)NCC(F)(F)F)cc1C. The van der Waals surface area contributed by atoms with E-state index in [1.807, 2.05) is 4.72 Å². The van der Waals surface area contributed by atoms with Gasteiger partial charge in [0.25, 0.3) is 10.2 Å². The fourth-order valence-corrected chi connectivity index (χ4v) is 3.34. The van der Waals surface area contributed by atoms with Gasteiger partial charge in [-0.2, -0.15) is 26.3 Å². The highest BCUT2D eigenvalue weighted by molar-refractivity contribution is 7.91. The Kier molecular flexibility index (Phi) is 5.59. The quantitative estimate of drug-likeness (QED) is 0.772. The van der Waals surface area contributed by atoms with E-state index in [0.717, 1.165) is 11.3 Å². The molecule has 0 aliphatic carbocycles. The fourth-order valence-electron chi connectivity index (χ4n) is 1.28. The zero-order valence-electron chi connectivity index (χ0n) is 11.1. The number of nitrogens with one attached hydrogen (secondary N) is 2. The summed E-state index contributed by atoms with van der Waals surface area (Å²) in [6.07, 6.45) is -4.66. The van der Waals surface area contributed by atoms with E-state index < -0.39 is 28.9 Å². The first kappa shape index (κ1) is 17.7. The van der Waals surface area contributed by atoms with Crippen LogP contribution in [0.5, 0.6) is 0 Å². The maximum atomic E-state index is 12.0. The van der Waals surface area contributed by atoms with E-state index in [4.69, 9.17) is 4.74 Å². The summed E-state index contributed by atoms with van der Waals surface area (Å²) in [5.41, 5.74) is 0.465. The maximum Gasteiger partial charge on any atom is 0.402 e. The van der Waals surface area contributed by atoms with E-state index in [-0.39, 0.29) is 16.5 Å². The number of alkyl halides is 3. The minimum absolute atomic E-state index is 0.0187. The Morgan fingerprint density at radius 1 is 1.43 bits per heavy atom. The van der Waals surface area contributed by atoms with Crippen LogP contribution in [0.25, 0.3) is 0 Å². The second-order valence-electron chi connectivity index (χ2n) is 3.89. The third kappa shape index (κ3) is 5.89. The van der Waals surface area contributed by atoms with Gasteiger partial charge in [0, 0.05) is 0 Å². The average Bonchev–Trinajstić information content (AvgIpc) is 2.66. The standard InChI is InChI=1S/C10H13F3N2O4S2/c1-3-19-9(16)8-6(2)4-7(20-8)15-21(17,18)14-5-10(11,12)13/h4,14-15H,3,5H2,1-2H3. The van der Waals surface area contributed by atoms with Crippen molar-refractivity contribution in [2.75, 3.05) is 17.9 Å². The molecule has 0 spiro atoms. The zero-order valence-corrected chi connectivity index (χ0v) is 12.7. The number of anilines is 1. The lowest BCUT2D eigenvalue weighted by molar-refractivity contribution is -0.121. The van der Waals surface area contributed by atoms with E-state index in [1.165, 1.54) is 10.8 Å². The van der Waals surface area contributed by atoms with Crippen LogP contribution in [0.3, 0.4) is 0 Å². The van der Waals surface area contributed by atoms with E-state index >= 15 is 0 Å². The van der Waals surface area contributed by atoms with Crippen LogP contribution in [0, 0.1) is 6.92 Å². The van der Waals surface area contributed by atoms with Crippen LogP contribution < -0.4 is 9.44 Å². The molecule has 6 nitrogen and oxygen atoms in total. The zero-order chi connectivity index (χ0) is 16.3. The van der Waals surface area contributed by atoms with E-state index in [0.29, 0.717) is 5.56 Å². The number of rotatable bonds is 6. The Bertz CT molecular complexity index is 610. The van der Waals surface area contributed by atoms with Gasteiger partial charge in [0.2, 0.25) is 0 Å². The van der Waals surface area contributed by atoms with Crippen molar-refractivity contribution in [2.45, 2.75) is 20.0 Å². The van der Waals surface area contributed by atoms with Gasteiger partial charge in [0.15, 0.2) is 0 Å². The topological polar surface area (TPSA) is 84.5 Å². The summed E-state index contributed by atoms with van der Waals surface area (Å²) in [6, 6.07) is 1.34. The first-order valence-electron chi connectivity index (χ1n) is 5.66. The monoisotopic (exact) mass is 346 g/mol. The minimum Gasteiger partial charge on any atom is -0.462 e. The molecule has 0 amide bonds. The summed E-state index contributed by atoms with van der Waals surface area (Å²) in [7, 11) is -4.37. The number of thiophene rings is 1. The van der Waals surface area contributed by atoms with Crippen molar-refractivity contribution < 1.29 is 31.1 Å². The lowest BCUT2D eigenvalue weighted by atomic mass is 10.3. The Morgan fingerprint density at radius 2 is 2.05 bits per heavy atom. The Morgan fingerprint density at radius 3 is 2.57 bits per heavy atom. The number of ether oxygens (including phenoxy) is 1. The van der Waals surface area contributed by atoms with Gasteiger partial charge in [-0.1, -0.05) is 0 Å². The van der Waals surface area contributed by atoms with Gasteiger partial charge in [-0.05, 0) is 25.5 Å². The van der Waals surface area contributed by atoms with Crippen LogP contribution in [-0.2, 0) is 14.9 Å². The predicted octanol–water partition coefficient (Wildman–Crippen LogP) is 2.04. The summed E-state index contributed by atoms with van der Waals surface area (Å²) in [4.78, 5) is 11.7. The normalized spacial score (nSPS) is 12.2. The van der Waals surface area contributed by atoms with Gasteiger partial charge in [0.05, 0.1) is 6.61 Å². The molecule has 0 bridgehead atoms. The third-order valence-electron chi connectivity index (χ3n) is 2.08. The van der Waals surface area contributed by atoms with Crippen LogP contribution >= 0.6 is 11.3 Å². The van der Waals surface area contributed by atoms with Crippen LogP contribution in [-0.4, -0.2) is 33.7 Å². The molecule has 1 heterocycles. The number of halogens is 3. The molecule has 120 valence electrons. The van der Waals surface area contributed by atoms with E-state index in [9.17, 15) is 26.4 Å². The molecule has 1 rings (SSSR count). The molecule has 11 heteroatoms. The summed E-state index contributed by atoms with van der Waals surface area (Å²) < 4.78 is 66.8. The lowest BCUT2D eigenvalue weighted by Crippen LogP contribution is -2.37. The van der Waals surface area contributed by atoms with E-state index in [2.05, 4.69) is 0 Å². The number of carbonyl (C=O) groups excluding carboxylic acids is 1. The molecule has 0 aliphatic heterocycles. The van der Waals surface area contributed by atoms with Crippen LogP contribution in [0.2, 0.25) is 0 Å². The maximum absolute atomic E-state index is 12.0. The lowest BCUT2D eigenvalue weighted by Gasteiger charge is -2.09. The largest absolute Gasteiger partial charge is 0.462 e. The van der Waals surface area contributed by atoms with Gasteiger partial charge >= 0.3 is 12.1 Å². The Balaban J connectivity index is 2.79. The van der Waals surface area contributed by atoms with Gasteiger partial charge in [-0.25, -0.2) is 4.79 Å². The van der Waals surface area contributed by atoms with Crippen molar-refractivity contribution >= 4 is 32.5 Å². The van der Waals surface area contributed by atoms with Crippen molar-refractivity contribution in [3.63, 3.8) is 0 Å². The van der Waals surface area contributed by atoms with Gasteiger partial charge in [-0.3, -0.25) is 4.72 Å². The Labute approximate surface area is 123 Å². The summed E-state index contributed by atoms with van der Waals surface area (Å²) in [5.74, 6) is -0.617. The van der Waals surface area contributed by atoms with Crippen molar-refractivity contribution in [3.8, 4) is 0 Å². The molecule has 0 aliphatic rings. The van der Waals surface area contributed by atoms with Gasteiger partial charge < -0.3 is 4.74 Å². The number of esters is 1. The molecule has 2 N–H and O–H groups in total. The number of aryl methyl sites for hydroxylation is 1. The number of carbonyl (C=O) groups is 1. The molecule has 0 fully saturated rings. The molecule has 0 aromatic carbocycles. The Hall–Kier alpha value is -1.33. The molecular formula is C10H13F3N2O4S2. The summed E-state index contributed by atoms with van der Waals surface area (Å²) in [6.45, 7) is 1.65. The molecule has 21 heavy (non-hydrogen) atoms. The third-order valence-corrected chi connectivity index (χ3v) is 4.35. The van der Waals surface area contributed by atoms with Crippen LogP contribution in [0.15, 0.2) is 6.07 Å². The minimum atomic E-state index is -4.66. The van der Waals surface area contributed by atoms with E-state index in [1.54, 1.807) is 13.8 Å². The molecular weight excluding hydrogens is 333 g/mol. The highest BCUT2D eigenvalue weighted by atomic mass is 32.2. The molecule has 1 aromatic heterocycles. The summed E-state index contributed by atoms with van der Waals surface area (Å²) in [5, 5.41) is 0.0187. The van der Waals surface area contributed by atoms with Crippen molar-refractivity contribution in [2.24, 2.45) is 0 Å². The van der Waals surface area contributed by atoms with Gasteiger partial charge in [0.1, 0.15) is 16.4 Å². The summed E-state index contributed by atoms with van der Waals surface area (Å²) >= 11 is 0.782. The molecule has 1 aromatic rings. The molecule has 0 atom stereocenters. The first-order chi connectivity index (χ1) is 9.54. The van der Waals surface area contributed by atoms with Crippen LogP contribution in [0.1, 0.15) is 22.2 Å². The van der Waals surface area contributed by atoms with Crippen molar-refractivity contribution in [1.29, 1.82) is 0 Å². The van der Waals surface area contributed by atoms with Crippen molar-refractivity contribution in [3.05, 3.63) is 16.5 Å². The second-order valence-corrected chi connectivity index (χ2v) is 6.44. The fraction of sp³-hybridized carbons (Fsp3) is 0.500. The first-order valence-corrected chi connectivity index (χ1v) is 7.95. The van der Waals surface area contributed by atoms with Gasteiger partial charge in [-0.15, -0.1) is 11.3 Å².